The summed E-state index contributed by atoms with van der Waals surface area (Å²) >= 11 is 6.04. The summed E-state index contributed by atoms with van der Waals surface area (Å²) in [4.78, 5) is 14.3. The standard InChI is InChI=1S/C17H20ClN3O4S/c1-11(2)21-7-6-20-10-13(9-15(20)17(21)22)26(23,24)19-12-4-5-16(25-3)14(18)8-12/h4-5,8-11,19H,6-7H2,1-3H3. The summed E-state index contributed by atoms with van der Waals surface area (Å²) < 4.78 is 34.6. The summed E-state index contributed by atoms with van der Waals surface area (Å²) in [6.07, 6.45) is 1.48. The van der Waals surface area contributed by atoms with Crippen LogP contribution in [0.1, 0.15) is 24.3 Å². The molecule has 0 saturated carbocycles. The van der Waals surface area contributed by atoms with E-state index in [1.807, 2.05) is 13.8 Å². The summed E-state index contributed by atoms with van der Waals surface area (Å²) in [5.74, 6) is 0.286. The number of nitrogens with zero attached hydrogens (tertiary/aromatic N) is 2. The van der Waals surface area contributed by atoms with Crippen LogP contribution in [0.2, 0.25) is 5.02 Å². The first kappa shape index (κ1) is 18.6. The van der Waals surface area contributed by atoms with Crippen molar-refractivity contribution in [2.75, 3.05) is 18.4 Å². The Hall–Kier alpha value is -2.19. The Labute approximate surface area is 157 Å². The van der Waals surface area contributed by atoms with Gasteiger partial charge in [0.05, 0.1) is 17.8 Å². The van der Waals surface area contributed by atoms with E-state index < -0.39 is 10.0 Å². The number of nitrogens with one attached hydrogen (secondary N) is 1. The highest BCUT2D eigenvalue weighted by Crippen LogP contribution is 2.29. The lowest BCUT2D eigenvalue weighted by Crippen LogP contribution is -2.43. The molecule has 2 heterocycles. The van der Waals surface area contributed by atoms with Crippen molar-refractivity contribution >= 4 is 33.2 Å². The Morgan fingerprint density at radius 3 is 2.58 bits per heavy atom. The van der Waals surface area contributed by atoms with E-state index in [0.717, 1.165) is 0 Å². The monoisotopic (exact) mass is 397 g/mol. The van der Waals surface area contributed by atoms with Gasteiger partial charge in [0.15, 0.2) is 0 Å². The number of hydrogen-bond acceptors (Lipinski definition) is 4. The average Bonchev–Trinajstić information content (AvgIpc) is 3.01. The van der Waals surface area contributed by atoms with E-state index in [9.17, 15) is 13.2 Å². The third kappa shape index (κ3) is 3.39. The molecule has 1 aromatic heterocycles. The van der Waals surface area contributed by atoms with Crippen molar-refractivity contribution in [1.82, 2.24) is 9.47 Å². The predicted octanol–water partition coefficient (Wildman–Crippen LogP) is 2.82. The van der Waals surface area contributed by atoms with Gasteiger partial charge in [-0.05, 0) is 38.1 Å². The molecule has 1 amide bonds. The van der Waals surface area contributed by atoms with Crippen molar-refractivity contribution in [2.24, 2.45) is 0 Å². The van der Waals surface area contributed by atoms with Crippen LogP contribution in [-0.4, -0.2) is 43.5 Å². The second-order valence-electron chi connectivity index (χ2n) is 6.30. The highest BCUT2D eigenvalue weighted by Gasteiger charge is 2.29. The summed E-state index contributed by atoms with van der Waals surface area (Å²) in [5.41, 5.74) is 0.688. The Morgan fingerprint density at radius 2 is 1.96 bits per heavy atom. The van der Waals surface area contributed by atoms with E-state index in [2.05, 4.69) is 4.72 Å². The molecule has 7 nitrogen and oxygen atoms in total. The lowest BCUT2D eigenvalue weighted by atomic mass is 10.2. The Morgan fingerprint density at radius 1 is 1.23 bits per heavy atom. The van der Waals surface area contributed by atoms with Crippen molar-refractivity contribution in [3.8, 4) is 5.75 Å². The van der Waals surface area contributed by atoms with E-state index in [4.69, 9.17) is 16.3 Å². The van der Waals surface area contributed by atoms with Crippen LogP contribution in [0.5, 0.6) is 5.75 Å². The number of anilines is 1. The molecule has 1 N–H and O–H groups in total. The lowest BCUT2D eigenvalue weighted by molar-refractivity contribution is 0.0649. The minimum atomic E-state index is -3.85. The number of rotatable bonds is 5. The van der Waals surface area contributed by atoms with Gasteiger partial charge in [0.25, 0.3) is 15.9 Å². The molecule has 3 rings (SSSR count). The molecule has 2 aromatic rings. The number of sulfonamides is 1. The molecule has 1 aliphatic heterocycles. The van der Waals surface area contributed by atoms with Crippen LogP contribution in [0.15, 0.2) is 35.4 Å². The van der Waals surface area contributed by atoms with E-state index in [-0.39, 0.29) is 16.8 Å². The van der Waals surface area contributed by atoms with Gasteiger partial charge in [-0.15, -0.1) is 0 Å². The minimum absolute atomic E-state index is 0.0402. The summed E-state index contributed by atoms with van der Waals surface area (Å²) in [5, 5.41) is 0.298. The molecule has 0 unspecified atom stereocenters. The molecule has 0 fully saturated rings. The summed E-state index contributed by atoms with van der Waals surface area (Å²) in [6, 6.07) is 6.08. The lowest BCUT2D eigenvalue weighted by Gasteiger charge is -2.31. The molecule has 0 bridgehead atoms. The largest absolute Gasteiger partial charge is 0.495 e. The van der Waals surface area contributed by atoms with Crippen LogP contribution in [0.4, 0.5) is 5.69 Å². The summed E-state index contributed by atoms with van der Waals surface area (Å²) in [7, 11) is -2.37. The van der Waals surface area contributed by atoms with Crippen LogP contribution < -0.4 is 9.46 Å². The zero-order chi connectivity index (χ0) is 19.1. The Bertz CT molecular complexity index is 953. The van der Waals surface area contributed by atoms with Gasteiger partial charge >= 0.3 is 0 Å². The van der Waals surface area contributed by atoms with E-state index in [0.29, 0.717) is 35.2 Å². The molecule has 1 aromatic carbocycles. The number of methoxy groups -OCH3 is 1. The minimum Gasteiger partial charge on any atom is -0.495 e. The summed E-state index contributed by atoms with van der Waals surface area (Å²) in [6.45, 7) is 4.98. The zero-order valence-corrected chi connectivity index (χ0v) is 16.3. The van der Waals surface area contributed by atoms with Gasteiger partial charge in [-0.3, -0.25) is 9.52 Å². The number of halogens is 1. The van der Waals surface area contributed by atoms with Crippen LogP contribution >= 0.6 is 11.6 Å². The van der Waals surface area contributed by atoms with Gasteiger partial charge in [0.2, 0.25) is 0 Å². The third-order valence-corrected chi connectivity index (χ3v) is 5.91. The van der Waals surface area contributed by atoms with Gasteiger partial charge in [0.1, 0.15) is 16.3 Å². The highest BCUT2D eigenvalue weighted by molar-refractivity contribution is 7.92. The first-order chi connectivity index (χ1) is 12.2. The molecular weight excluding hydrogens is 378 g/mol. The predicted molar refractivity (Wildman–Crippen MR) is 99.4 cm³/mol. The van der Waals surface area contributed by atoms with Gasteiger partial charge < -0.3 is 14.2 Å². The number of carbonyl (C=O) groups is 1. The van der Waals surface area contributed by atoms with E-state index in [1.54, 1.807) is 21.6 Å². The van der Waals surface area contributed by atoms with Crippen molar-refractivity contribution in [3.63, 3.8) is 0 Å². The maximum atomic E-state index is 12.7. The fourth-order valence-electron chi connectivity index (χ4n) is 2.90. The maximum absolute atomic E-state index is 12.7. The number of benzene rings is 1. The fraction of sp³-hybridized carbons (Fsp3) is 0.353. The third-order valence-electron chi connectivity index (χ3n) is 4.27. The smallest absolute Gasteiger partial charge is 0.270 e. The molecule has 26 heavy (non-hydrogen) atoms. The second-order valence-corrected chi connectivity index (χ2v) is 8.39. The molecule has 0 saturated heterocycles. The number of amides is 1. The fourth-order valence-corrected chi connectivity index (χ4v) is 4.24. The molecule has 0 spiro atoms. The number of ether oxygens (including phenoxy) is 1. The molecule has 140 valence electrons. The first-order valence-corrected chi connectivity index (χ1v) is 9.96. The van der Waals surface area contributed by atoms with Gasteiger partial charge in [-0.25, -0.2) is 8.42 Å². The molecule has 0 aliphatic carbocycles. The zero-order valence-electron chi connectivity index (χ0n) is 14.7. The number of hydrogen-bond donors (Lipinski definition) is 1. The van der Waals surface area contributed by atoms with Crippen LogP contribution in [0.3, 0.4) is 0 Å². The van der Waals surface area contributed by atoms with Crippen molar-refractivity contribution < 1.29 is 17.9 Å². The quantitative estimate of drug-likeness (QED) is 0.841. The van der Waals surface area contributed by atoms with Crippen LogP contribution in [0, 0.1) is 0 Å². The first-order valence-electron chi connectivity index (χ1n) is 8.10. The van der Waals surface area contributed by atoms with Gasteiger partial charge in [0, 0.05) is 25.3 Å². The SMILES string of the molecule is COc1ccc(NS(=O)(=O)c2cc3n(c2)CCN(C(C)C)C3=O)cc1Cl. The average molecular weight is 398 g/mol. The van der Waals surface area contributed by atoms with Gasteiger partial charge in [-0.2, -0.15) is 0 Å². The maximum Gasteiger partial charge on any atom is 0.270 e. The van der Waals surface area contributed by atoms with E-state index in [1.165, 1.54) is 25.4 Å². The van der Waals surface area contributed by atoms with Crippen LogP contribution in [0.25, 0.3) is 0 Å². The van der Waals surface area contributed by atoms with E-state index >= 15 is 0 Å². The number of carbonyl (C=O) groups excluding carboxylic acids is 1. The van der Waals surface area contributed by atoms with Crippen molar-refractivity contribution in [1.29, 1.82) is 0 Å². The molecule has 0 radical (unpaired) electrons. The Balaban J connectivity index is 1.89. The Kier molecular flexibility index (Phi) is 4.90. The normalized spacial score (nSPS) is 14.5. The molecular formula is C17H20ClN3O4S. The molecule has 1 aliphatic rings. The van der Waals surface area contributed by atoms with Gasteiger partial charge in [-0.1, -0.05) is 11.6 Å². The number of fused-ring (bicyclic) bond motifs is 1. The van der Waals surface area contributed by atoms with Crippen molar-refractivity contribution in [2.45, 2.75) is 31.3 Å². The molecule has 9 heteroatoms. The topological polar surface area (TPSA) is 80.6 Å². The van der Waals surface area contributed by atoms with Crippen molar-refractivity contribution in [3.05, 3.63) is 41.2 Å². The number of aromatic nitrogens is 1. The second kappa shape index (κ2) is 6.85. The highest BCUT2D eigenvalue weighted by atomic mass is 35.5. The van der Waals surface area contributed by atoms with Crippen LogP contribution in [-0.2, 0) is 16.6 Å². The molecule has 0 atom stereocenters.